The number of nitrogens with one attached hydrogen (secondary N) is 2. The first-order valence-electron chi connectivity index (χ1n) is 5.11. The number of carbonyl (C=O) groups excluding carboxylic acids is 1. The number of anilines is 1. The molecule has 0 aliphatic heterocycles. The molecule has 94 valence electrons. The Morgan fingerprint density at radius 2 is 2.11 bits per heavy atom. The van der Waals surface area contributed by atoms with E-state index in [0.29, 0.717) is 0 Å². The Morgan fingerprint density at radius 1 is 1.42 bits per heavy atom. The normalized spacial score (nSPS) is 9.63. The minimum absolute atomic E-state index is 0.101. The van der Waals surface area contributed by atoms with Crippen LogP contribution in [0.15, 0.2) is 30.5 Å². The van der Waals surface area contributed by atoms with E-state index in [4.69, 9.17) is 5.26 Å². The molecule has 0 bridgehead atoms. The Morgan fingerprint density at radius 3 is 2.68 bits per heavy atom. The van der Waals surface area contributed by atoms with Crippen LogP contribution < -0.4 is 5.32 Å². The molecule has 0 aliphatic rings. The predicted octanol–water partition coefficient (Wildman–Crippen LogP) is 1.44. The number of aromatic nitrogens is 2. The molecule has 0 fully saturated rings. The molecule has 1 aromatic heterocycles. The minimum Gasteiger partial charge on any atom is -0.306 e. The van der Waals surface area contributed by atoms with Crippen molar-refractivity contribution in [2.45, 2.75) is 0 Å². The molecule has 2 aromatic rings. The van der Waals surface area contributed by atoms with E-state index in [-0.39, 0.29) is 22.6 Å². The maximum atomic E-state index is 11.8. The zero-order chi connectivity index (χ0) is 13.8. The Hall–Kier alpha value is -3.21. The van der Waals surface area contributed by atoms with Gasteiger partial charge in [0.1, 0.15) is 17.5 Å². The highest BCUT2D eigenvalue weighted by Crippen LogP contribution is 2.14. The highest BCUT2D eigenvalue weighted by Gasteiger charge is 2.12. The molecule has 19 heavy (non-hydrogen) atoms. The fourth-order valence-electron chi connectivity index (χ4n) is 1.39. The maximum Gasteiger partial charge on any atom is 0.269 e. The third kappa shape index (κ3) is 2.55. The number of H-pyrrole nitrogens is 1. The standard InChI is InChI=1S/C11H7N5O3/c12-5-8-6-13-15-10(8)14-11(17)7-1-3-9(4-2-7)16(18)19/h1-4,6H,(H2,13,14,15,17). The van der Waals surface area contributed by atoms with Gasteiger partial charge >= 0.3 is 0 Å². The van der Waals surface area contributed by atoms with Gasteiger partial charge in [0, 0.05) is 17.7 Å². The van der Waals surface area contributed by atoms with Crippen LogP contribution in [0.2, 0.25) is 0 Å². The van der Waals surface area contributed by atoms with Crippen molar-refractivity contribution in [1.29, 1.82) is 5.26 Å². The summed E-state index contributed by atoms with van der Waals surface area (Å²) < 4.78 is 0. The van der Waals surface area contributed by atoms with Crippen LogP contribution in [0.4, 0.5) is 11.5 Å². The minimum atomic E-state index is -0.551. The number of nitro groups is 1. The molecule has 1 aromatic carbocycles. The number of non-ortho nitro benzene ring substituents is 1. The van der Waals surface area contributed by atoms with Crippen LogP contribution >= 0.6 is 0 Å². The van der Waals surface area contributed by atoms with Crippen LogP contribution in [0.3, 0.4) is 0 Å². The van der Waals surface area contributed by atoms with E-state index in [1.54, 1.807) is 0 Å². The van der Waals surface area contributed by atoms with Gasteiger partial charge in [0.15, 0.2) is 0 Å². The highest BCUT2D eigenvalue weighted by atomic mass is 16.6. The molecule has 8 nitrogen and oxygen atoms in total. The molecule has 0 spiro atoms. The first kappa shape index (κ1) is 12.3. The van der Waals surface area contributed by atoms with Gasteiger partial charge in [-0.05, 0) is 12.1 Å². The summed E-state index contributed by atoms with van der Waals surface area (Å²) in [6.45, 7) is 0. The molecule has 2 rings (SSSR count). The van der Waals surface area contributed by atoms with E-state index < -0.39 is 10.8 Å². The number of nitriles is 1. The molecular weight excluding hydrogens is 250 g/mol. The van der Waals surface area contributed by atoms with E-state index >= 15 is 0 Å². The number of amides is 1. The zero-order valence-electron chi connectivity index (χ0n) is 9.45. The summed E-state index contributed by atoms with van der Waals surface area (Å²) in [5.74, 6) is -0.304. The number of carbonyl (C=O) groups is 1. The Balaban J connectivity index is 2.17. The first-order valence-corrected chi connectivity index (χ1v) is 5.11. The van der Waals surface area contributed by atoms with Crippen molar-refractivity contribution in [2.24, 2.45) is 0 Å². The largest absolute Gasteiger partial charge is 0.306 e. The van der Waals surface area contributed by atoms with Gasteiger partial charge in [-0.3, -0.25) is 20.0 Å². The van der Waals surface area contributed by atoms with Gasteiger partial charge in [-0.2, -0.15) is 10.4 Å². The van der Waals surface area contributed by atoms with Crippen LogP contribution in [0, 0.1) is 21.4 Å². The second-order valence-electron chi connectivity index (χ2n) is 3.53. The quantitative estimate of drug-likeness (QED) is 0.635. The third-order valence-electron chi connectivity index (χ3n) is 2.34. The third-order valence-corrected chi connectivity index (χ3v) is 2.34. The first-order chi connectivity index (χ1) is 9.11. The molecule has 2 N–H and O–H groups in total. The Kier molecular flexibility index (Phi) is 3.20. The summed E-state index contributed by atoms with van der Waals surface area (Å²) in [4.78, 5) is 21.7. The molecule has 0 radical (unpaired) electrons. The van der Waals surface area contributed by atoms with Gasteiger partial charge < -0.3 is 5.32 Å². The van der Waals surface area contributed by atoms with Crippen molar-refractivity contribution in [3.05, 3.63) is 51.7 Å². The molecule has 0 atom stereocenters. The predicted molar refractivity (Wildman–Crippen MR) is 64.4 cm³/mol. The summed E-state index contributed by atoms with van der Waals surface area (Å²) in [5, 5.41) is 27.8. The monoisotopic (exact) mass is 257 g/mol. The lowest BCUT2D eigenvalue weighted by atomic mass is 10.2. The Labute approximate surface area is 106 Å². The van der Waals surface area contributed by atoms with Crippen LogP contribution in [-0.4, -0.2) is 21.0 Å². The SMILES string of the molecule is N#Cc1cn[nH]c1NC(=O)c1ccc([N+](=O)[O-])cc1. The van der Waals surface area contributed by atoms with Gasteiger partial charge in [-0.25, -0.2) is 0 Å². The van der Waals surface area contributed by atoms with Crippen LogP contribution in [0.5, 0.6) is 0 Å². The molecule has 0 saturated heterocycles. The summed E-state index contributed by atoms with van der Waals surface area (Å²) >= 11 is 0. The second kappa shape index (κ2) is 4.97. The van der Waals surface area contributed by atoms with Gasteiger partial charge in [0.2, 0.25) is 0 Å². The lowest BCUT2D eigenvalue weighted by Crippen LogP contribution is -2.13. The van der Waals surface area contributed by atoms with Crippen molar-refractivity contribution >= 4 is 17.4 Å². The number of hydrogen-bond acceptors (Lipinski definition) is 5. The maximum absolute atomic E-state index is 11.8. The molecule has 1 heterocycles. The zero-order valence-corrected chi connectivity index (χ0v) is 9.45. The molecule has 0 saturated carbocycles. The van der Waals surface area contributed by atoms with Crippen molar-refractivity contribution < 1.29 is 9.72 Å². The van der Waals surface area contributed by atoms with Gasteiger partial charge in [-0.15, -0.1) is 0 Å². The van der Waals surface area contributed by atoms with Gasteiger partial charge in [0.05, 0.1) is 11.1 Å². The summed E-state index contributed by atoms with van der Waals surface area (Å²) in [5.41, 5.74) is 0.343. The van der Waals surface area contributed by atoms with Gasteiger partial charge in [0.25, 0.3) is 11.6 Å². The average molecular weight is 257 g/mol. The summed E-state index contributed by atoms with van der Waals surface area (Å²) in [6.07, 6.45) is 1.28. The Bertz CT molecular complexity index is 668. The molecule has 1 amide bonds. The topological polar surface area (TPSA) is 125 Å². The van der Waals surface area contributed by atoms with Crippen LogP contribution in [0.25, 0.3) is 0 Å². The number of nitro benzene ring substituents is 1. The number of nitrogens with zero attached hydrogens (tertiary/aromatic N) is 3. The number of hydrogen-bond donors (Lipinski definition) is 2. The van der Waals surface area contributed by atoms with Crippen molar-refractivity contribution in [3.8, 4) is 6.07 Å². The molecule has 8 heteroatoms. The highest BCUT2D eigenvalue weighted by molar-refractivity contribution is 6.04. The van der Waals surface area contributed by atoms with E-state index in [0.717, 1.165) is 0 Å². The summed E-state index contributed by atoms with van der Waals surface area (Å²) in [7, 11) is 0. The fourth-order valence-corrected chi connectivity index (χ4v) is 1.39. The number of rotatable bonds is 3. The number of benzene rings is 1. The van der Waals surface area contributed by atoms with Crippen molar-refractivity contribution in [1.82, 2.24) is 10.2 Å². The van der Waals surface area contributed by atoms with Gasteiger partial charge in [-0.1, -0.05) is 0 Å². The number of aromatic amines is 1. The van der Waals surface area contributed by atoms with E-state index in [9.17, 15) is 14.9 Å². The molecular formula is C11H7N5O3. The van der Waals surface area contributed by atoms with E-state index in [2.05, 4.69) is 15.5 Å². The fraction of sp³-hybridized carbons (Fsp3) is 0. The lowest BCUT2D eigenvalue weighted by molar-refractivity contribution is -0.384. The van der Waals surface area contributed by atoms with Crippen LogP contribution in [-0.2, 0) is 0 Å². The van der Waals surface area contributed by atoms with Crippen molar-refractivity contribution in [3.63, 3.8) is 0 Å². The van der Waals surface area contributed by atoms with E-state index in [1.165, 1.54) is 30.5 Å². The van der Waals surface area contributed by atoms with E-state index in [1.807, 2.05) is 6.07 Å². The van der Waals surface area contributed by atoms with Crippen LogP contribution in [0.1, 0.15) is 15.9 Å². The smallest absolute Gasteiger partial charge is 0.269 e. The molecule has 0 aliphatic carbocycles. The lowest BCUT2D eigenvalue weighted by Gasteiger charge is -2.02. The molecule has 0 unspecified atom stereocenters. The average Bonchev–Trinajstić information content (AvgIpc) is 2.86. The van der Waals surface area contributed by atoms with Crippen molar-refractivity contribution in [2.75, 3.05) is 5.32 Å². The second-order valence-corrected chi connectivity index (χ2v) is 3.53. The summed E-state index contributed by atoms with van der Waals surface area (Å²) in [6, 6.07) is 6.98.